The number of aryl methyl sites for hydroxylation is 2. The van der Waals surface area contributed by atoms with E-state index in [1.54, 1.807) is 12.1 Å². The third-order valence-corrected chi connectivity index (χ3v) is 2.86. The summed E-state index contributed by atoms with van der Waals surface area (Å²) in [5, 5.41) is 0. The van der Waals surface area contributed by atoms with Gasteiger partial charge in [0.15, 0.2) is 17.5 Å². The Hall–Kier alpha value is -1.84. The van der Waals surface area contributed by atoms with E-state index >= 15 is 0 Å². The largest absolute Gasteiger partial charge is 0.207 e. The summed E-state index contributed by atoms with van der Waals surface area (Å²) in [6.07, 6.45) is 1.61. The minimum Gasteiger partial charge on any atom is -0.207 e. The third-order valence-electron chi connectivity index (χ3n) is 2.86. The number of hydrogen-bond donors (Lipinski definition) is 0. The molecule has 0 radical (unpaired) electrons. The predicted molar refractivity (Wildman–Crippen MR) is 64.7 cm³/mol. The molecule has 0 aliphatic carbocycles. The Morgan fingerprint density at radius 1 is 0.737 bits per heavy atom. The van der Waals surface area contributed by atoms with Crippen molar-refractivity contribution in [2.24, 2.45) is 0 Å². The SMILES string of the molecule is Fc1cccc(CCCc2cc(F)c(F)c(F)c2)c1. The van der Waals surface area contributed by atoms with Crippen LogP contribution in [0.5, 0.6) is 0 Å². The van der Waals surface area contributed by atoms with Crippen LogP contribution in [0.25, 0.3) is 0 Å². The Morgan fingerprint density at radius 3 is 2.00 bits per heavy atom. The summed E-state index contributed by atoms with van der Waals surface area (Å²) in [5.41, 5.74) is 1.22. The zero-order valence-electron chi connectivity index (χ0n) is 10.1. The van der Waals surface area contributed by atoms with E-state index in [4.69, 9.17) is 0 Å². The lowest BCUT2D eigenvalue weighted by atomic mass is 10.0. The smallest absolute Gasteiger partial charge is 0.194 e. The van der Waals surface area contributed by atoms with Gasteiger partial charge >= 0.3 is 0 Å². The summed E-state index contributed by atoms with van der Waals surface area (Å²) in [5.74, 6) is -4.12. The molecule has 2 aromatic carbocycles. The first-order valence-corrected chi connectivity index (χ1v) is 5.94. The molecule has 0 aromatic heterocycles. The first-order valence-electron chi connectivity index (χ1n) is 5.94. The van der Waals surface area contributed by atoms with Gasteiger partial charge in [-0.15, -0.1) is 0 Å². The van der Waals surface area contributed by atoms with E-state index in [1.165, 1.54) is 12.1 Å². The average Bonchev–Trinajstić information content (AvgIpc) is 2.36. The van der Waals surface area contributed by atoms with Crippen LogP contribution in [0.1, 0.15) is 17.5 Å². The van der Waals surface area contributed by atoms with E-state index in [1.807, 2.05) is 0 Å². The van der Waals surface area contributed by atoms with Gasteiger partial charge in [-0.05, 0) is 54.7 Å². The molecule has 100 valence electrons. The normalized spacial score (nSPS) is 10.7. The maximum atomic E-state index is 13.0. The molecule has 0 spiro atoms. The van der Waals surface area contributed by atoms with E-state index in [-0.39, 0.29) is 5.82 Å². The molecule has 0 saturated carbocycles. The number of benzene rings is 2. The lowest BCUT2D eigenvalue weighted by molar-refractivity contribution is 0.445. The quantitative estimate of drug-likeness (QED) is 0.569. The van der Waals surface area contributed by atoms with E-state index in [0.717, 1.165) is 17.7 Å². The van der Waals surface area contributed by atoms with Crippen LogP contribution in [-0.2, 0) is 12.8 Å². The molecule has 0 atom stereocenters. The van der Waals surface area contributed by atoms with Gasteiger partial charge in [-0.1, -0.05) is 12.1 Å². The number of rotatable bonds is 4. The highest BCUT2D eigenvalue weighted by atomic mass is 19.2. The minimum absolute atomic E-state index is 0.309. The van der Waals surface area contributed by atoms with Crippen LogP contribution in [0.3, 0.4) is 0 Å². The van der Waals surface area contributed by atoms with Crippen molar-refractivity contribution in [3.63, 3.8) is 0 Å². The van der Waals surface area contributed by atoms with E-state index < -0.39 is 17.5 Å². The zero-order chi connectivity index (χ0) is 13.8. The maximum Gasteiger partial charge on any atom is 0.194 e. The van der Waals surface area contributed by atoms with Crippen LogP contribution >= 0.6 is 0 Å². The lowest BCUT2D eigenvalue weighted by Crippen LogP contribution is -1.96. The molecule has 0 fully saturated rings. The fourth-order valence-electron chi connectivity index (χ4n) is 1.94. The minimum atomic E-state index is -1.45. The van der Waals surface area contributed by atoms with Crippen molar-refractivity contribution in [3.05, 3.63) is 70.8 Å². The molecule has 0 N–H and O–H groups in total. The Morgan fingerprint density at radius 2 is 1.37 bits per heavy atom. The fraction of sp³-hybridized carbons (Fsp3) is 0.200. The second-order valence-corrected chi connectivity index (χ2v) is 4.36. The molecule has 0 aliphatic heterocycles. The molecule has 0 bridgehead atoms. The highest BCUT2D eigenvalue weighted by molar-refractivity contribution is 5.20. The van der Waals surface area contributed by atoms with Crippen molar-refractivity contribution < 1.29 is 17.6 Å². The van der Waals surface area contributed by atoms with Crippen molar-refractivity contribution in [1.29, 1.82) is 0 Å². The van der Waals surface area contributed by atoms with Gasteiger partial charge in [0.05, 0.1) is 0 Å². The van der Waals surface area contributed by atoms with Crippen LogP contribution in [0, 0.1) is 23.3 Å². The first kappa shape index (κ1) is 13.6. The highest BCUT2D eigenvalue weighted by Gasteiger charge is 2.10. The van der Waals surface area contributed by atoms with Gasteiger partial charge in [-0.2, -0.15) is 0 Å². The van der Waals surface area contributed by atoms with Crippen LogP contribution in [0.15, 0.2) is 36.4 Å². The number of halogens is 4. The van der Waals surface area contributed by atoms with Crippen molar-refractivity contribution in [2.75, 3.05) is 0 Å². The standard InChI is InChI=1S/C15H12F4/c16-12-6-2-4-10(7-12)3-1-5-11-8-13(17)15(19)14(18)9-11/h2,4,6-9H,1,3,5H2. The average molecular weight is 268 g/mol. The van der Waals surface area contributed by atoms with Gasteiger partial charge in [-0.3, -0.25) is 0 Å². The monoisotopic (exact) mass is 268 g/mol. The summed E-state index contributed by atoms with van der Waals surface area (Å²) in [6.45, 7) is 0. The molecule has 0 unspecified atom stereocenters. The van der Waals surface area contributed by atoms with Crippen LogP contribution in [0.4, 0.5) is 17.6 Å². The molecular weight excluding hydrogens is 256 g/mol. The topological polar surface area (TPSA) is 0 Å². The summed E-state index contributed by atoms with van der Waals surface area (Å²) in [4.78, 5) is 0. The molecule has 19 heavy (non-hydrogen) atoms. The van der Waals surface area contributed by atoms with Crippen LogP contribution < -0.4 is 0 Å². The molecule has 0 saturated heterocycles. The fourth-order valence-corrected chi connectivity index (χ4v) is 1.94. The van der Waals surface area contributed by atoms with Crippen molar-refractivity contribution in [3.8, 4) is 0 Å². The Bertz CT molecular complexity index is 555. The third kappa shape index (κ3) is 3.56. The summed E-state index contributed by atoms with van der Waals surface area (Å²) in [7, 11) is 0. The second kappa shape index (κ2) is 5.87. The summed E-state index contributed by atoms with van der Waals surface area (Å²) >= 11 is 0. The Kier molecular flexibility index (Phi) is 4.20. The van der Waals surface area contributed by atoms with Gasteiger partial charge in [0.25, 0.3) is 0 Å². The molecule has 0 heterocycles. The predicted octanol–water partition coefficient (Wildman–Crippen LogP) is 4.42. The number of hydrogen-bond acceptors (Lipinski definition) is 0. The molecule has 0 amide bonds. The zero-order valence-corrected chi connectivity index (χ0v) is 10.1. The van der Waals surface area contributed by atoms with Crippen molar-refractivity contribution >= 4 is 0 Å². The van der Waals surface area contributed by atoms with Gasteiger partial charge in [0, 0.05) is 0 Å². The Balaban J connectivity index is 1.96. The van der Waals surface area contributed by atoms with Gasteiger partial charge in [0.2, 0.25) is 0 Å². The van der Waals surface area contributed by atoms with Crippen molar-refractivity contribution in [2.45, 2.75) is 19.3 Å². The highest BCUT2D eigenvalue weighted by Crippen LogP contribution is 2.16. The Labute approximate surface area is 108 Å². The van der Waals surface area contributed by atoms with Gasteiger partial charge in [0.1, 0.15) is 5.82 Å². The first-order chi connectivity index (χ1) is 9.06. The van der Waals surface area contributed by atoms with E-state index in [9.17, 15) is 17.6 Å². The van der Waals surface area contributed by atoms with E-state index in [2.05, 4.69) is 0 Å². The van der Waals surface area contributed by atoms with E-state index in [0.29, 0.717) is 24.8 Å². The molecule has 2 aromatic rings. The molecule has 0 nitrogen and oxygen atoms in total. The van der Waals surface area contributed by atoms with Gasteiger partial charge < -0.3 is 0 Å². The summed E-state index contributed by atoms with van der Waals surface area (Å²) in [6, 6.07) is 8.16. The molecule has 4 heteroatoms. The van der Waals surface area contributed by atoms with Crippen LogP contribution in [0.2, 0.25) is 0 Å². The van der Waals surface area contributed by atoms with Crippen molar-refractivity contribution in [1.82, 2.24) is 0 Å². The molecule has 0 aliphatic rings. The second-order valence-electron chi connectivity index (χ2n) is 4.36. The maximum absolute atomic E-state index is 13.0. The summed E-state index contributed by atoms with van der Waals surface area (Å²) < 4.78 is 51.6. The lowest BCUT2D eigenvalue weighted by Gasteiger charge is -2.04. The van der Waals surface area contributed by atoms with Crippen LogP contribution in [-0.4, -0.2) is 0 Å². The van der Waals surface area contributed by atoms with Gasteiger partial charge in [-0.25, -0.2) is 17.6 Å². The molecular formula is C15H12F4. The molecule has 2 rings (SSSR count).